The molecule has 22 heavy (non-hydrogen) atoms. The van der Waals surface area contributed by atoms with Gasteiger partial charge in [-0.2, -0.15) is 10.2 Å². The Bertz CT molecular complexity index is 970. The quantitative estimate of drug-likeness (QED) is 0.569. The number of aromatic amines is 2. The monoisotopic (exact) mass is 292 g/mol. The molecular formula is C16H12N4O2. The molecule has 4 rings (SSSR count). The standard InChI is InChI=1S/C16H12N4O2/c21-16(13-6-2-4-11-8-18-20-15(11)13)22-9-12-5-1-3-10-7-17-19-14(10)12/h1-8H,9H2,(H,17,19)(H,18,20). The molecule has 0 fully saturated rings. The van der Waals surface area contributed by atoms with Gasteiger partial charge in [-0.3, -0.25) is 10.2 Å². The molecule has 0 amide bonds. The van der Waals surface area contributed by atoms with Crippen molar-refractivity contribution in [3.63, 3.8) is 0 Å². The van der Waals surface area contributed by atoms with Crippen LogP contribution in [0, 0.1) is 0 Å². The summed E-state index contributed by atoms with van der Waals surface area (Å²) in [6.07, 6.45) is 3.42. The summed E-state index contributed by atoms with van der Waals surface area (Å²) in [6.45, 7) is 0.183. The number of carbonyl (C=O) groups is 1. The molecular weight excluding hydrogens is 280 g/mol. The number of aromatic nitrogens is 4. The highest BCUT2D eigenvalue weighted by molar-refractivity contribution is 6.02. The lowest BCUT2D eigenvalue weighted by atomic mass is 10.1. The van der Waals surface area contributed by atoms with Gasteiger partial charge in [-0.25, -0.2) is 4.79 Å². The van der Waals surface area contributed by atoms with E-state index in [1.807, 2.05) is 30.3 Å². The second kappa shape index (κ2) is 5.00. The van der Waals surface area contributed by atoms with Crippen molar-refractivity contribution in [2.45, 2.75) is 6.61 Å². The van der Waals surface area contributed by atoms with Crippen LogP contribution in [-0.4, -0.2) is 26.4 Å². The number of para-hydroxylation sites is 2. The third-order valence-electron chi connectivity index (χ3n) is 3.62. The lowest BCUT2D eigenvalue weighted by Crippen LogP contribution is -2.06. The molecule has 0 radical (unpaired) electrons. The van der Waals surface area contributed by atoms with Gasteiger partial charge in [-0.05, 0) is 6.07 Å². The van der Waals surface area contributed by atoms with Gasteiger partial charge < -0.3 is 4.74 Å². The fourth-order valence-electron chi connectivity index (χ4n) is 2.51. The summed E-state index contributed by atoms with van der Waals surface area (Å²) in [7, 11) is 0. The van der Waals surface area contributed by atoms with Crippen LogP contribution in [0.5, 0.6) is 0 Å². The van der Waals surface area contributed by atoms with Gasteiger partial charge in [0.05, 0.1) is 29.0 Å². The Morgan fingerprint density at radius 2 is 1.64 bits per heavy atom. The van der Waals surface area contributed by atoms with E-state index < -0.39 is 0 Å². The average molecular weight is 292 g/mol. The fourth-order valence-corrected chi connectivity index (χ4v) is 2.51. The number of fused-ring (bicyclic) bond motifs is 2. The van der Waals surface area contributed by atoms with Gasteiger partial charge in [0.2, 0.25) is 0 Å². The molecule has 2 heterocycles. The van der Waals surface area contributed by atoms with Crippen molar-refractivity contribution < 1.29 is 9.53 Å². The highest BCUT2D eigenvalue weighted by atomic mass is 16.5. The molecule has 0 atom stereocenters. The van der Waals surface area contributed by atoms with Crippen molar-refractivity contribution >= 4 is 27.8 Å². The third kappa shape index (κ3) is 2.01. The first-order valence-electron chi connectivity index (χ1n) is 6.83. The van der Waals surface area contributed by atoms with Crippen molar-refractivity contribution in [1.29, 1.82) is 0 Å². The van der Waals surface area contributed by atoms with Crippen LogP contribution in [-0.2, 0) is 11.3 Å². The van der Waals surface area contributed by atoms with E-state index in [1.54, 1.807) is 18.5 Å². The number of hydrogen-bond donors (Lipinski definition) is 2. The van der Waals surface area contributed by atoms with Crippen LogP contribution in [0.15, 0.2) is 48.8 Å². The molecule has 0 bridgehead atoms. The van der Waals surface area contributed by atoms with Crippen LogP contribution < -0.4 is 0 Å². The maximum Gasteiger partial charge on any atom is 0.340 e. The van der Waals surface area contributed by atoms with E-state index in [0.29, 0.717) is 11.1 Å². The summed E-state index contributed by atoms with van der Waals surface area (Å²) in [5.74, 6) is -0.383. The summed E-state index contributed by atoms with van der Waals surface area (Å²) >= 11 is 0. The molecule has 6 heteroatoms. The van der Waals surface area contributed by atoms with Crippen molar-refractivity contribution in [2.75, 3.05) is 0 Å². The zero-order chi connectivity index (χ0) is 14.9. The first-order valence-corrected chi connectivity index (χ1v) is 6.83. The molecule has 2 N–H and O–H groups in total. The first kappa shape index (κ1) is 12.6. The Kier molecular flexibility index (Phi) is 2.86. The van der Waals surface area contributed by atoms with E-state index in [2.05, 4.69) is 20.4 Å². The molecule has 0 aliphatic carbocycles. The number of carbonyl (C=O) groups excluding carboxylic acids is 1. The number of ether oxygens (including phenoxy) is 1. The van der Waals surface area contributed by atoms with Gasteiger partial charge in [0.15, 0.2) is 0 Å². The van der Waals surface area contributed by atoms with Crippen molar-refractivity contribution in [3.05, 3.63) is 59.9 Å². The van der Waals surface area contributed by atoms with Crippen LogP contribution in [0.25, 0.3) is 21.8 Å². The Labute approximate surface area is 125 Å². The van der Waals surface area contributed by atoms with Gasteiger partial charge in [-0.15, -0.1) is 0 Å². The molecule has 2 aromatic heterocycles. The van der Waals surface area contributed by atoms with E-state index in [0.717, 1.165) is 21.9 Å². The van der Waals surface area contributed by atoms with E-state index in [4.69, 9.17) is 4.74 Å². The number of esters is 1. The lowest BCUT2D eigenvalue weighted by molar-refractivity contribution is 0.0476. The summed E-state index contributed by atoms with van der Waals surface area (Å²) < 4.78 is 5.43. The summed E-state index contributed by atoms with van der Waals surface area (Å²) in [5, 5.41) is 15.6. The molecule has 0 aliphatic heterocycles. The normalized spacial score (nSPS) is 11.1. The Morgan fingerprint density at radius 1 is 0.955 bits per heavy atom. The number of H-pyrrole nitrogens is 2. The molecule has 0 aliphatic rings. The Balaban J connectivity index is 1.60. The molecule has 0 spiro atoms. The molecule has 6 nitrogen and oxygen atoms in total. The van der Waals surface area contributed by atoms with Crippen LogP contribution in [0.2, 0.25) is 0 Å². The summed E-state index contributed by atoms with van der Waals surface area (Å²) in [5.41, 5.74) is 2.94. The van der Waals surface area contributed by atoms with E-state index >= 15 is 0 Å². The predicted molar refractivity (Wildman–Crippen MR) is 81.3 cm³/mol. The van der Waals surface area contributed by atoms with Gasteiger partial charge in [-0.1, -0.05) is 30.3 Å². The predicted octanol–water partition coefficient (Wildman–Crippen LogP) is 2.80. The van der Waals surface area contributed by atoms with Gasteiger partial charge in [0.1, 0.15) is 6.61 Å². The van der Waals surface area contributed by atoms with E-state index in [-0.39, 0.29) is 12.6 Å². The highest BCUT2D eigenvalue weighted by Crippen LogP contribution is 2.19. The fraction of sp³-hybridized carbons (Fsp3) is 0.0625. The van der Waals surface area contributed by atoms with Crippen LogP contribution in [0.3, 0.4) is 0 Å². The third-order valence-corrected chi connectivity index (χ3v) is 3.62. The molecule has 4 aromatic rings. The van der Waals surface area contributed by atoms with Crippen LogP contribution in [0.4, 0.5) is 0 Å². The smallest absolute Gasteiger partial charge is 0.340 e. The maximum absolute atomic E-state index is 12.3. The topological polar surface area (TPSA) is 83.7 Å². The second-order valence-electron chi connectivity index (χ2n) is 4.97. The number of nitrogens with one attached hydrogen (secondary N) is 2. The maximum atomic E-state index is 12.3. The van der Waals surface area contributed by atoms with Crippen molar-refractivity contribution in [3.8, 4) is 0 Å². The van der Waals surface area contributed by atoms with Crippen molar-refractivity contribution in [1.82, 2.24) is 20.4 Å². The number of benzene rings is 2. The van der Waals surface area contributed by atoms with Gasteiger partial charge >= 0.3 is 5.97 Å². The van der Waals surface area contributed by atoms with Crippen LogP contribution >= 0.6 is 0 Å². The van der Waals surface area contributed by atoms with Crippen molar-refractivity contribution in [2.24, 2.45) is 0 Å². The van der Waals surface area contributed by atoms with E-state index in [1.165, 1.54) is 0 Å². The number of nitrogens with zero attached hydrogens (tertiary/aromatic N) is 2. The first-order chi connectivity index (χ1) is 10.8. The summed E-state index contributed by atoms with van der Waals surface area (Å²) in [4.78, 5) is 12.3. The molecule has 108 valence electrons. The summed E-state index contributed by atoms with van der Waals surface area (Å²) in [6, 6.07) is 11.2. The Hall–Kier alpha value is -3.15. The Morgan fingerprint density at radius 3 is 2.45 bits per heavy atom. The SMILES string of the molecule is O=C(OCc1cccc2cn[nH]c12)c1cccc2cn[nH]c12. The number of hydrogen-bond acceptors (Lipinski definition) is 4. The second-order valence-corrected chi connectivity index (χ2v) is 4.97. The molecule has 0 unspecified atom stereocenters. The lowest BCUT2D eigenvalue weighted by Gasteiger charge is -2.06. The molecule has 0 saturated heterocycles. The zero-order valence-electron chi connectivity index (χ0n) is 11.5. The highest BCUT2D eigenvalue weighted by Gasteiger charge is 2.13. The zero-order valence-corrected chi connectivity index (χ0v) is 11.5. The minimum atomic E-state index is -0.383. The number of rotatable bonds is 3. The van der Waals surface area contributed by atoms with Crippen LogP contribution in [0.1, 0.15) is 15.9 Å². The van der Waals surface area contributed by atoms with Gasteiger partial charge in [0.25, 0.3) is 0 Å². The minimum absolute atomic E-state index is 0.183. The average Bonchev–Trinajstić information content (AvgIpc) is 3.20. The molecule has 0 saturated carbocycles. The van der Waals surface area contributed by atoms with E-state index in [9.17, 15) is 4.79 Å². The minimum Gasteiger partial charge on any atom is -0.457 e. The molecule has 2 aromatic carbocycles. The largest absolute Gasteiger partial charge is 0.457 e. The van der Waals surface area contributed by atoms with Gasteiger partial charge in [0, 0.05) is 16.3 Å².